The van der Waals surface area contributed by atoms with E-state index in [1.807, 2.05) is 6.92 Å². The zero-order valence-corrected chi connectivity index (χ0v) is 17.9. The Kier molecular flexibility index (Phi) is 13.9. The van der Waals surface area contributed by atoms with E-state index in [0.29, 0.717) is 5.96 Å². The van der Waals surface area contributed by atoms with E-state index in [0.717, 1.165) is 39.1 Å². The van der Waals surface area contributed by atoms with Gasteiger partial charge in [0.15, 0.2) is 5.96 Å². The van der Waals surface area contributed by atoms with Crippen LogP contribution in [0.5, 0.6) is 0 Å². The Morgan fingerprint density at radius 1 is 1.33 bits per heavy atom. The summed E-state index contributed by atoms with van der Waals surface area (Å²) in [5, 5.41) is 8.60. The highest BCUT2D eigenvalue weighted by Gasteiger charge is 2.04. The number of thiophene rings is 1. The summed E-state index contributed by atoms with van der Waals surface area (Å²) >= 11 is 1.75. The maximum absolute atomic E-state index is 11.7. The van der Waals surface area contributed by atoms with Crippen LogP contribution < -0.4 is 10.6 Å². The molecule has 0 saturated carbocycles. The molecule has 0 aliphatic heterocycles. The Labute approximate surface area is 166 Å². The molecular weight excluding hydrogens is 439 g/mol. The van der Waals surface area contributed by atoms with Crippen LogP contribution in [0, 0.1) is 0 Å². The maximum Gasteiger partial charge on any atom is 0.243 e. The monoisotopic (exact) mass is 468 g/mol. The smallest absolute Gasteiger partial charge is 0.243 e. The van der Waals surface area contributed by atoms with E-state index in [4.69, 9.17) is 4.74 Å². The Morgan fingerprint density at radius 2 is 2.08 bits per heavy atom. The minimum Gasteiger partial charge on any atom is -0.382 e. The predicted molar refractivity (Wildman–Crippen MR) is 112 cm³/mol. The van der Waals surface area contributed by atoms with Crippen LogP contribution in [0.1, 0.15) is 18.2 Å². The Hall–Kier alpha value is -0.870. The number of carbonyl (C=O) groups is 1. The number of guanidine groups is 1. The van der Waals surface area contributed by atoms with Crippen molar-refractivity contribution >= 4 is 47.2 Å². The molecule has 0 spiro atoms. The molecule has 0 bridgehead atoms. The second kappa shape index (κ2) is 14.5. The van der Waals surface area contributed by atoms with Crippen molar-refractivity contribution in [2.45, 2.75) is 19.8 Å². The molecule has 0 fully saturated rings. The average Bonchev–Trinajstić information content (AvgIpc) is 3.04. The molecule has 0 aliphatic carbocycles. The van der Waals surface area contributed by atoms with Crippen LogP contribution in [0.2, 0.25) is 0 Å². The van der Waals surface area contributed by atoms with Crippen LogP contribution in [0.15, 0.2) is 22.5 Å². The highest BCUT2D eigenvalue weighted by molar-refractivity contribution is 14.0. The second-order valence-corrected chi connectivity index (χ2v) is 6.22. The predicted octanol–water partition coefficient (Wildman–Crippen LogP) is 1.96. The topological polar surface area (TPSA) is 66.0 Å². The van der Waals surface area contributed by atoms with Crippen LogP contribution in [0.4, 0.5) is 0 Å². The average molecular weight is 468 g/mol. The number of rotatable bonds is 10. The van der Waals surface area contributed by atoms with Gasteiger partial charge in [-0.2, -0.15) is 0 Å². The summed E-state index contributed by atoms with van der Waals surface area (Å²) in [6, 6.07) is 4.17. The molecule has 0 radical (unpaired) electrons. The van der Waals surface area contributed by atoms with Crippen molar-refractivity contribution in [2.75, 3.05) is 46.9 Å². The number of hydrogen-bond acceptors (Lipinski definition) is 4. The molecule has 6 nitrogen and oxygen atoms in total. The molecule has 0 aliphatic rings. The van der Waals surface area contributed by atoms with Crippen LogP contribution in [-0.4, -0.2) is 63.7 Å². The summed E-state index contributed by atoms with van der Waals surface area (Å²) in [7, 11) is 3.47. The molecule has 0 atom stereocenters. The normalized spacial score (nSPS) is 10.9. The molecule has 1 heterocycles. The number of likely N-dealkylation sites (N-methyl/N-ethyl adjacent to an activating group) is 1. The minimum atomic E-state index is -0.0151. The van der Waals surface area contributed by atoms with Gasteiger partial charge in [-0.25, -0.2) is 4.99 Å². The van der Waals surface area contributed by atoms with Crippen molar-refractivity contribution in [3.63, 3.8) is 0 Å². The van der Waals surface area contributed by atoms with E-state index in [1.54, 1.807) is 30.3 Å². The van der Waals surface area contributed by atoms with Gasteiger partial charge in [0.25, 0.3) is 0 Å². The standard InChI is InChI=1S/C16H28N4O2S.HI/c1-4-22-11-6-9-17-16(19-13-15(21)20(2)3)18-10-8-14-7-5-12-23-14;/h5,7,12H,4,6,8-11,13H2,1-3H3,(H2,17,18,19);1H. The first-order valence-corrected chi connectivity index (χ1v) is 8.84. The number of nitrogens with zero attached hydrogens (tertiary/aromatic N) is 2. The molecule has 138 valence electrons. The summed E-state index contributed by atoms with van der Waals surface area (Å²) in [5.41, 5.74) is 0. The summed E-state index contributed by atoms with van der Waals surface area (Å²) in [4.78, 5) is 18.9. The van der Waals surface area contributed by atoms with Gasteiger partial charge in [-0.15, -0.1) is 35.3 Å². The summed E-state index contributed by atoms with van der Waals surface area (Å²) in [6.07, 6.45) is 1.85. The highest BCUT2D eigenvalue weighted by atomic mass is 127. The van der Waals surface area contributed by atoms with Crippen LogP contribution in [-0.2, 0) is 16.0 Å². The van der Waals surface area contributed by atoms with Gasteiger partial charge in [0.05, 0.1) is 0 Å². The first kappa shape index (κ1) is 23.1. The molecule has 0 saturated heterocycles. The van der Waals surface area contributed by atoms with Crippen molar-refractivity contribution in [2.24, 2.45) is 4.99 Å². The molecule has 0 aromatic carbocycles. The lowest BCUT2D eigenvalue weighted by atomic mass is 10.3. The highest BCUT2D eigenvalue weighted by Crippen LogP contribution is 2.07. The van der Waals surface area contributed by atoms with E-state index >= 15 is 0 Å². The van der Waals surface area contributed by atoms with Crippen molar-refractivity contribution in [1.29, 1.82) is 0 Å². The fourth-order valence-electron chi connectivity index (χ4n) is 1.75. The number of amides is 1. The Morgan fingerprint density at radius 3 is 2.71 bits per heavy atom. The first-order valence-electron chi connectivity index (χ1n) is 7.96. The number of hydrogen-bond donors (Lipinski definition) is 2. The van der Waals surface area contributed by atoms with E-state index in [2.05, 4.69) is 33.1 Å². The van der Waals surface area contributed by atoms with Crippen LogP contribution >= 0.6 is 35.3 Å². The van der Waals surface area contributed by atoms with Gasteiger partial charge in [-0.1, -0.05) is 6.07 Å². The zero-order chi connectivity index (χ0) is 16.9. The largest absolute Gasteiger partial charge is 0.382 e. The van der Waals surface area contributed by atoms with Gasteiger partial charge in [0, 0.05) is 45.3 Å². The van der Waals surface area contributed by atoms with Crippen molar-refractivity contribution in [1.82, 2.24) is 15.5 Å². The first-order chi connectivity index (χ1) is 11.1. The SMILES string of the molecule is CCOCCCNC(=NCC(=O)N(C)C)NCCc1cccs1.I. The Bertz CT molecular complexity index is 467. The van der Waals surface area contributed by atoms with Crippen molar-refractivity contribution in [3.8, 4) is 0 Å². The van der Waals surface area contributed by atoms with Crippen molar-refractivity contribution < 1.29 is 9.53 Å². The fourth-order valence-corrected chi connectivity index (χ4v) is 2.46. The number of carbonyl (C=O) groups excluding carboxylic acids is 1. The van der Waals surface area contributed by atoms with Crippen LogP contribution in [0.3, 0.4) is 0 Å². The van der Waals surface area contributed by atoms with Gasteiger partial charge in [-0.05, 0) is 31.2 Å². The molecule has 2 N–H and O–H groups in total. The van der Waals surface area contributed by atoms with E-state index < -0.39 is 0 Å². The molecule has 8 heteroatoms. The molecule has 24 heavy (non-hydrogen) atoms. The lowest BCUT2D eigenvalue weighted by Gasteiger charge is -2.13. The molecule has 1 amide bonds. The van der Waals surface area contributed by atoms with Crippen LogP contribution in [0.25, 0.3) is 0 Å². The lowest BCUT2D eigenvalue weighted by molar-refractivity contribution is -0.127. The van der Waals surface area contributed by atoms with E-state index in [9.17, 15) is 4.79 Å². The number of aliphatic imine (C=N–C) groups is 1. The van der Waals surface area contributed by atoms with Gasteiger partial charge in [0.2, 0.25) is 5.91 Å². The van der Waals surface area contributed by atoms with Gasteiger partial charge in [0.1, 0.15) is 6.54 Å². The third-order valence-corrected chi connectivity index (χ3v) is 4.01. The second-order valence-electron chi connectivity index (χ2n) is 5.19. The molecule has 0 unspecified atom stereocenters. The molecular formula is C16H29IN4O2S. The quantitative estimate of drug-likeness (QED) is 0.239. The lowest BCUT2D eigenvalue weighted by Crippen LogP contribution is -2.40. The third-order valence-electron chi connectivity index (χ3n) is 3.08. The van der Waals surface area contributed by atoms with E-state index in [1.165, 1.54) is 4.88 Å². The summed E-state index contributed by atoms with van der Waals surface area (Å²) in [6.45, 7) is 5.14. The van der Waals surface area contributed by atoms with Gasteiger partial charge in [-0.3, -0.25) is 4.79 Å². The van der Waals surface area contributed by atoms with Crippen molar-refractivity contribution in [3.05, 3.63) is 22.4 Å². The number of ether oxygens (including phenoxy) is 1. The Balaban J connectivity index is 0.00000529. The van der Waals surface area contributed by atoms with Gasteiger partial charge < -0.3 is 20.3 Å². The fraction of sp³-hybridized carbons (Fsp3) is 0.625. The summed E-state index contributed by atoms with van der Waals surface area (Å²) in [5.74, 6) is 0.659. The summed E-state index contributed by atoms with van der Waals surface area (Å²) < 4.78 is 5.32. The van der Waals surface area contributed by atoms with E-state index in [-0.39, 0.29) is 36.4 Å². The third kappa shape index (κ3) is 10.8. The number of nitrogens with one attached hydrogen (secondary N) is 2. The molecule has 1 aromatic heterocycles. The zero-order valence-electron chi connectivity index (χ0n) is 14.7. The molecule has 1 aromatic rings. The van der Waals surface area contributed by atoms with Gasteiger partial charge >= 0.3 is 0 Å². The minimum absolute atomic E-state index is 0. The molecule has 1 rings (SSSR count). The number of halogens is 1. The maximum atomic E-state index is 11.7.